The number of aryl methyl sites for hydroxylation is 1. The lowest BCUT2D eigenvalue weighted by atomic mass is 10.2. The molecule has 1 amide bonds. The largest absolute Gasteiger partial charge is 0.341 e. The van der Waals surface area contributed by atoms with E-state index in [-0.39, 0.29) is 24.4 Å². The van der Waals surface area contributed by atoms with Crippen LogP contribution in [0.15, 0.2) is 29.1 Å². The van der Waals surface area contributed by atoms with Gasteiger partial charge in [0.1, 0.15) is 5.52 Å². The number of piperazine rings is 1. The van der Waals surface area contributed by atoms with Gasteiger partial charge in [-0.25, -0.2) is 4.68 Å². The van der Waals surface area contributed by atoms with E-state index in [2.05, 4.69) is 20.5 Å². The molecule has 2 aliphatic rings. The van der Waals surface area contributed by atoms with E-state index in [1.165, 1.54) is 4.68 Å². The molecule has 1 atom stereocenters. The molecule has 138 valence electrons. The van der Waals surface area contributed by atoms with Crippen molar-refractivity contribution in [2.24, 2.45) is 0 Å². The van der Waals surface area contributed by atoms with Crippen LogP contribution in [0.1, 0.15) is 12.8 Å². The summed E-state index contributed by atoms with van der Waals surface area (Å²) in [6, 6.07) is 7.60. The fraction of sp³-hybridized carbons (Fsp3) is 0.556. The van der Waals surface area contributed by atoms with E-state index in [9.17, 15) is 9.59 Å². The van der Waals surface area contributed by atoms with Gasteiger partial charge in [-0.3, -0.25) is 14.5 Å². The van der Waals surface area contributed by atoms with Crippen LogP contribution in [0.3, 0.4) is 0 Å². The molecule has 2 aromatic rings. The highest BCUT2D eigenvalue weighted by molar-refractivity contribution is 5.77. The van der Waals surface area contributed by atoms with Gasteiger partial charge in [-0.15, -0.1) is 5.10 Å². The Balaban J connectivity index is 1.36. The van der Waals surface area contributed by atoms with Crippen LogP contribution in [0.5, 0.6) is 0 Å². The average molecular weight is 356 g/mol. The molecule has 0 saturated carbocycles. The molecule has 2 saturated heterocycles. The molecule has 8 heteroatoms. The highest BCUT2D eigenvalue weighted by atomic mass is 16.2. The first-order valence-corrected chi connectivity index (χ1v) is 9.27. The Morgan fingerprint density at radius 1 is 1.19 bits per heavy atom. The van der Waals surface area contributed by atoms with Crippen LogP contribution < -0.4 is 10.9 Å². The van der Waals surface area contributed by atoms with Gasteiger partial charge in [0.15, 0.2) is 0 Å². The Kier molecular flexibility index (Phi) is 4.94. The monoisotopic (exact) mass is 356 g/mol. The summed E-state index contributed by atoms with van der Waals surface area (Å²) in [5, 5.41) is 11.9. The Morgan fingerprint density at radius 2 is 2.00 bits per heavy atom. The molecule has 3 heterocycles. The number of benzene rings is 1. The fourth-order valence-electron chi connectivity index (χ4n) is 3.84. The third-order valence-electron chi connectivity index (χ3n) is 5.35. The van der Waals surface area contributed by atoms with E-state index in [0.717, 1.165) is 45.7 Å². The summed E-state index contributed by atoms with van der Waals surface area (Å²) in [5.41, 5.74) is 0.391. The first kappa shape index (κ1) is 17.1. The lowest BCUT2D eigenvalue weighted by molar-refractivity contribution is -0.130. The number of aromatic nitrogens is 3. The first-order chi connectivity index (χ1) is 12.7. The number of nitrogens with zero attached hydrogens (tertiary/aromatic N) is 5. The summed E-state index contributed by atoms with van der Waals surface area (Å²) < 4.78 is 1.30. The number of carbonyl (C=O) groups is 1. The lowest BCUT2D eigenvalue weighted by Crippen LogP contribution is -2.49. The molecule has 0 bridgehead atoms. The van der Waals surface area contributed by atoms with Gasteiger partial charge in [-0.2, -0.15) is 0 Å². The zero-order valence-corrected chi connectivity index (χ0v) is 14.8. The highest BCUT2D eigenvalue weighted by Crippen LogP contribution is 2.17. The quantitative estimate of drug-likeness (QED) is 0.809. The zero-order valence-electron chi connectivity index (χ0n) is 14.8. The maximum atomic E-state index is 12.6. The van der Waals surface area contributed by atoms with Gasteiger partial charge in [0, 0.05) is 51.7 Å². The second-order valence-corrected chi connectivity index (χ2v) is 6.95. The zero-order chi connectivity index (χ0) is 17.9. The van der Waals surface area contributed by atoms with E-state index in [1.54, 1.807) is 18.2 Å². The van der Waals surface area contributed by atoms with Gasteiger partial charge in [0.2, 0.25) is 5.91 Å². The van der Waals surface area contributed by atoms with Crippen LogP contribution in [0.4, 0.5) is 0 Å². The van der Waals surface area contributed by atoms with Crippen LogP contribution in [0.2, 0.25) is 0 Å². The average Bonchev–Trinajstić information content (AvgIpc) is 3.18. The van der Waals surface area contributed by atoms with Gasteiger partial charge in [-0.1, -0.05) is 17.3 Å². The second-order valence-electron chi connectivity index (χ2n) is 6.95. The predicted octanol–water partition coefficient (Wildman–Crippen LogP) is -0.312. The van der Waals surface area contributed by atoms with E-state index < -0.39 is 0 Å². The Bertz CT molecular complexity index is 845. The number of rotatable bonds is 4. The molecule has 0 aliphatic carbocycles. The molecule has 4 rings (SSSR count). The number of carbonyl (C=O) groups excluding carboxylic acids is 1. The van der Waals surface area contributed by atoms with Crippen molar-refractivity contribution in [2.45, 2.75) is 25.4 Å². The second kappa shape index (κ2) is 7.51. The molecule has 1 aromatic carbocycles. The van der Waals surface area contributed by atoms with E-state index in [4.69, 9.17) is 0 Å². The Hall–Kier alpha value is -2.32. The predicted molar refractivity (Wildman–Crippen MR) is 97.8 cm³/mol. The van der Waals surface area contributed by atoms with E-state index in [1.807, 2.05) is 11.0 Å². The molecule has 2 aliphatic heterocycles. The standard InChI is InChI=1S/C18H24N6O2/c25-17(23-9-5-14(13-23)22-11-7-19-8-12-22)6-10-24-18(26)15-3-1-2-4-16(15)20-21-24/h1-4,14,19H,5-13H2. The summed E-state index contributed by atoms with van der Waals surface area (Å²) >= 11 is 0. The lowest BCUT2D eigenvalue weighted by Gasteiger charge is -2.32. The van der Waals surface area contributed by atoms with Crippen molar-refractivity contribution in [2.75, 3.05) is 39.3 Å². The van der Waals surface area contributed by atoms with Crippen molar-refractivity contribution in [3.05, 3.63) is 34.6 Å². The number of nitrogens with one attached hydrogen (secondary N) is 1. The molecule has 1 aromatic heterocycles. The van der Waals surface area contributed by atoms with Gasteiger partial charge >= 0.3 is 0 Å². The third kappa shape index (κ3) is 3.47. The molecule has 0 spiro atoms. The summed E-state index contributed by atoms with van der Waals surface area (Å²) in [7, 11) is 0. The maximum Gasteiger partial charge on any atom is 0.277 e. The minimum Gasteiger partial charge on any atom is -0.341 e. The smallest absolute Gasteiger partial charge is 0.277 e. The van der Waals surface area contributed by atoms with E-state index in [0.29, 0.717) is 16.9 Å². The van der Waals surface area contributed by atoms with Gasteiger partial charge in [0.25, 0.3) is 5.56 Å². The van der Waals surface area contributed by atoms with Crippen molar-refractivity contribution >= 4 is 16.8 Å². The number of hydrogen-bond acceptors (Lipinski definition) is 6. The fourth-order valence-corrected chi connectivity index (χ4v) is 3.84. The Labute approximate surface area is 151 Å². The number of fused-ring (bicyclic) bond motifs is 1. The van der Waals surface area contributed by atoms with Crippen molar-refractivity contribution in [1.29, 1.82) is 0 Å². The number of hydrogen-bond donors (Lipinski definition) is 1. The first-order valence-electron chi connectivity index (χ1n) is 9.27. The summed E-state index contributed by atoms with van der Waals surface area (Å²) in [4.78, 5) is 29.4. The minimum absolute atomic E-state index is 0.0875. The number of likely N-dealkylation sites (tertiary alicyclic amines) is 1. The van der Waals surface area contributed by atoms with Crippen molar-refractivity contribution in [1.82, 2.24) is 30.1 Å². The molecular formula is C18H24N6O2. The molecule has 1 N–H and O–H groups in total. The van der Waals surface area contributed by atoms with Crippen molar-refractivity contribution in [3.63, 3.8) is 0 Å². The molecule has 0 radical (unpaired) electrons. The SMILES string of the molecule is O=C(CCn1nnc2ccccc2c1=O)N1CCC(N2CCNCC2)C1. The molecule has 26 heavy (non-hydrogen) atoms. The molecule has 1 unspecified atom stereocenters. The molecule has 2 fully saturated rings. The van der Waals surface area contributed by atoms with Crippen LogP contribution in [0.25, 0.3) is 10.9 Å². The normalized spacial score (nSPS) is 21.4. The highest BCUT2D eigenvalue weighted by Gasteiger charge is 2.30. The topological polar surface area (TPSA) is 83.4 Å². The van der Waals surface area contributed by atoms with Crippen molar-refractivity contribution < 1.29 is 4.79 Å². The molecular weight excluding hydrogens is 332 g/mol. The molecule has 8 nitrogen and oxygen atoms in total. The van der Waals surface area contributed by atoms with Crippen LogP contribution >= 0.6 is 0 Å². The summed E-state index contributed by atoms with van der Waals surface area (Å²) in [6.07, 6.45) is 1.31. The van der Waals surface area contributed by atoms with Gasteiger partial charge in [0.05, 0.1) is 11.9 Å². The third-order valence-corrected chi connectivity index (χ3v) is 5.35. The van der Waals surface area contributed by atoms with Crippen LogP contribution in [0, 0.1) is 0 Å². The van der Waals surface area contributed by atoms with Gasteiger partial charge < -0.3 is 10.2 Å². The minimum atomic E-state index is -0.191. The van der Waals surface area contributed by atoms with Crippen molar-refractivity contribution in [3.8, 4) is 0 Å². The Morgan fingerprint density at radius 3 is 2.85 bits per heavy atom. The van der Waals surface area contributed by atoms with Crippen LogP contribution in [-0.2, 0) is 11.3 Å². The summed E-state index contributed by atoms with van der Waals surface area (Å²) in [6.45, 7) is 6.00. The number of amides is 1. The van der Waals surface area contributed by atoms with E-state index >= 15 is 0 Å². The van der Waals surface area contributed by atoms with Gasteiger partial charge in [-0.05, 0) is 18.6 Å². The van der Waals surface area contributed by atoms with Crippen LogP contribution in [-0.4, -0.2) is 76.0 Å². The summed E-state index contributed by atoms with van der Waals surface area (Å²) in [5.74, 6) is 0.0875. The maximum absolute atomic E-state index is 12.6.